The van der Waals surface area contributed by atoms with Crippen LogP contribution >= 0.6 is 22.9 Å². The summed E-state index contributed by atoms with van der Waals surface area (Å²) in [6, 6.07) is 7.97. The van der Waals surface area contributed by atoms with Gasteiger partial charge in [-0.25, -0.2) is 0 Å². The highest BCUT2D eigenvalue weighted by atomic mass is 35.5. The first kappa shape index (κ1) is 21.6. The minimum absolute atomic E-state index is 0.0935. The number of nitro benzene ring substituents is 2. The third-order valence-electron chi connectivity index (χ3n) is 4.12. The second-order valence-electron chi connectivity index (χ2n) is 5.98. The number of nitro groups is 2. The summed E-state index contributed by atoms with van der Waals surface area (Å²) in [5, 5.41) is 22.5. The van der Waals surface area contributed by atoms with E-state index in [2.05, 4.69) is 4.99 Å². The molecule has 3 aromatic rings. The number of thiazole rings is 1. The predicted octanol–water partition coefficient (Wildman–Crippen LogP) is 3.95. The maximum absolute atomic E-state index is 12.7. The third-order valence-corrected chi connectivity index (χ3v) is 5.40. The van der Waals surface area contributed by atoms with E-state index >= 15 is 0 Å². The van der Waals surface area contributed by atoms with Crippen molar-refractivity contribution in [3.05, 3.63) is 72.0 Å². The molecule has 0 bridgehead atoms. The van der Waals surface area contributed by atoms with Crippen LogP contribution < -0.4 is 4.80 Å². The van der Waals surface area contributed by atoms with Crippen LogP contribution in [-0.2, 0) is 11.3 Å². The Hall–Kier alpha value is -3.15. The monoisotopic (exact) mass is 450 g/mol. The van der Waals surface area contributed by atoms with Gasteiger partial charge in [-0.15, -0.1) is 0 Å². The Balaban J connectivity index is 2.15. The quantitative estimate of drug-likeness (QED) is 0.304. The molecule has 0 unspecified atom stereocenters. The number of fused-ring (bicyclic) bond motifs is 1. The minimum Gasteiger partial charge on any atom is -0.380 e. The summed E-state index contributed by atoms with van der Waals surface area (Å²) >= 11 is 6.96. The third kappa shape index (κ3) is 4.53. The molecule has 0 saturated heterocycles. The smallest absolute Gasteiger partial charge is 0.286 e. The van der Waals surface area contributed by atoms with Crippen molar-refractivity contribution in [2.24, 2.45) is 4.99 Å². The number of non-ortho nitro benzene ring substituents is 1. The van der Waals surface area contributed by atoms with Crippen LogP contribution in [0.2, 0.25) is 5.02 Å². The summed E-state index contributed by atoms with van der Waals surface area (Å²) in [5.41, 5.74) is -0.112. The van der Waals surface area contributed by atoms with Gasteiger partial charge in [0.2, 0.25) is 0 Å². The van der Waals surface area contributed by atoms with Crippen LogP contribution in [0, 0.1) is 20.2 Å². The van der Waals surface area contributed by atoms with Gasteiger partial charge in [0.05, 0.1) is 26.7 Å². The second-order valence-corrected chi connectivity index (χ2v) is 7.42. The van der Waals surface area contributed by atoms with Gasteiger partial charge < -0.3 is 9.30 Å². The Labute approximate surface area is 178 Å². The molecule has 0 fully saturated rings. The second kappa shape index (κ2) is 9.11. The summed E-state index contributed by atoms with van der Waals surface area (Å²) in [5.74, 6) is -0.838. The lowest BCUT2D eigenvalue weighted by atomic mass is 10.2. The summed E-state index contributed by atoms with van der Waals surface area (Å²) in [6.07, 6.45) is 0. The van der Waals surface area contributed by atoms with Crippen LogP contribution in [0.5, 0.6) is 0 Å². The van der Waals surface area contributed by atoms with Crippen LogP contribution in [0.1, 0.15) is 17.3 Å². The Kier molecular flexibility index (Phi) is 6.55. The maximum Gasteiger partial charge on any atom is 0.286 e. The standard InChI is InChI=1S/C18H15ClN4O6S/c1-2-29-8-7-21-15-6-4-12(22(25)26)10-16(15)30-18(21)20-17(24)13-9-11(19)3-5-14(13)23(27)28/h3-6,9-10H,2,7-8H2,1H3. The number of nitrogens with zero attached hydrogens (tertiary/aromatic N) is 4. The van der Waals surface area contributed by atoms with Crippen LogP contribution in [0.25, 0.3) is 10.2 Å². The van der Waals surface area contributed by atoms with E-state index in [9.17, 15) is 25.0 Å². The van der Waals surface area contributed by atoms with Gasteiger partial charge in [0.15, 0.2) is 4.80 Å². The number of aromatic nitrogens is 1. The van der Waals surface area contributed by atoms with Gasteiger partial charge in [-0.05, 0) is 25.1 Å². The van der Waals surface area contributed by atoms with E-state index in [0.717, 1.165) is 17.4 Å². The molecule has 0 N–H and O–H groups in total. The van der Waals surface area contributed by atoms with Crippen molar-refractivity contribution in [1.29, 1.82) is 0 Å². The van der Waals surface area contributed by atoms with E-state index in [0.29, 0.717) is 30.0 Å². The van der Waals surface area contributed by atoms with Crippen LogP contribution in [-0.4, -0.2) is 33.5 Å². The van der Waals surface area contributed by atoms with Gasteiger partial charge in [-0.2, -0.15) is 4.99 Å². The van der Waals surface area contributed by atoms with Gasteiger partial charge >= 0.3 is 0 Å². The lowest BCUT2D eigenvalue weighted by molar-refractivity contribution is -0.385. The van der Waals surface area contributed by atoms with Gasteiger partial charge in [0.25, 0.3) is 17.3 Å². The number of halogens is 1. The number of carbonyl (C=O) groups excluding carboxylic acids is 1. The van der Waals surface area contributed by atoms with E-state index in [1.54, 1.807) is 10.6 Å². The molecular formula is C18H15ClN4O6S. The molecule has 3 rings (SSSR count). The van der Waals surface area contributed by atoms with E-state index in [-0.39, 0.29) is 21.1 Å². The Morgan fingerprint density at radius 2 is 1.97 bits per heavy atom. The lowest BCUT2D eigenvalue weighted by Crippen LogP contribution is -2.20. The van der Waals surface area contributed by atoms with Crippen molar-refractivity contribution < 1.29 is 19.4 Å². The number of rotatable bonds is 7. The highest BCUT2D eigenvalue weighted by Crippen LogP contribution is 2.25. The van der Waals surface area contributed by atoms with Crippen LogP contribution in [0.4, 0.5) is 11.4 Å². The maximum atomic E-state index is 12.7. The molecule has 30 heavy (non-hydrogen) atoms. The van der Waals surface area contributed by atoms with E-state index < -0.39 is 21.4 Å². The summed E-state index contributed by atoms with van der Waals surface area (Å²) in [7, 11) is 0. The topological polar surface area (TPSA) is 130 Å². The summed E-state index contributed by atoms with van der Waals surface area (Å²) < 4.78 is 7.61. The number of carbonyl (C=O) groups is 1. The number of hydrogen-bond acceptors (Lipinski definition) is 7. The fourth-order valence-corrected chi connectivity index (χ4v) is 4.02. The van der Waals surface area contributed by atoms with E-state index in [1.807, 2.05) is 6.92 Å². The van der Waals surface area contributed by atoms with Crippen molar-refractivity contribution in [2.45, 2.75) is 13.5 Å². The number of benzene rings is 2. The zero-order chi connectivity index (χ0) is 21.8. The fourth-order valence-electron chi connectivity index (χ4n) is 2.76. The Morgan fingerprint density at radius 3 is 2.63 bits per heavy atom. The van der Waals surface area contributed by atoms with Crippen molar-refractivity contribution >= 4 is 50.4 Å². The first-order valence-corrected chi connectivity index (χ1v) is 9.89. The van der Waals surface area contributed by atoms with Crippen molar-refractivity contribution in [3.8, 4) is 0 Å². The molecule has 0 saturated carbocycles. The molecule has 10 nitrogen and oxygen atoms in total. The Morgan fingerprint density at radius 1 is 1.20 bits per heavy atom. The molecule has 156 valence electrons. The first-order chi connectivity index (χ1) is 14.3. The fraction of sp³-hybridized carbons (Fsp3) is 0.222. The molecule has 0 aliphatic carbocycles. The van der Waals surface area contributed by atoms with E-state index in [1.165, 1.54) is 24.3 Å². The molecule has 0 radical (unpaired) electrons. The summed E-state index contributed by atoms with van der Waals surface area (Å²) in [6.45, 7) is 3.01. The molecule has 0 aliphatic heterocycles. The molecule has 1 aromatic heterocycles. The molecule has 0 aliphatic rings. The molecule has 12 heteroatoms. The van der Waals surface area contributed by atoms with Gasteiger partial charge in [-0.1, -0.05) is 22.9 Å². The van der Waals surface area contributed by atoms with Crippen LogP contribution in [0.3, 0.4) is 0 Å². The Bertz CT molecular complexity index is 1220. The summed E-state index contributed by atoms with van der Waals surface area (Å²) in [4.78, 5) is 38.2. The zero-order valence-electron chi connectivity index (χ0n) is 15.6. The normalized spacial score (nSPS) is 11.7. The van der Waals surface area contributed by atoms with Gasteiger partial charge in [-0.3, -0.25) is 25.0 Å². The van der Waals surface area contributed by atoms with Gasteiger partial charge in [0, 0.05) is 36.4 Å². The lowest BCUT2D eigenvalue weighted by Gasteiger charge is -2.05. The van der Waals surface area contributed by atoms with Crippen molar-refractivity contribution in [2.75, 3.05) is 13.2 Å². The SMILES string of the molecule is CCOCCn1c(=NC(=O)c2cc(Cl)ccc2[N+](=O)[O-])sc2cc([N+](=O)[O-])ccc21. The average Bonchev–Trinajstić information content (AvgIpc) is 3.04. The number of ether oxygens (including phenoxy) is 1. The molecule has 2 aromatic carbocycles. The highest BCUT2D eigenvalue weighted by molar-refractivity contribution is 7.16. The number of hydrogen-bond donors (Lipinski definition) is 0. The van der Waals surface area contributed by atoms with E-state index in [4.69, 9.17) is 16.3 Å². The van der Waals surface area contributed by atoms with Crippen molar-refractivity contribution in [3.63, 3.8) is 0 Å². The molecular weight excluding hydrogens is 436 g/mol. The molecule has 0 spiro atoms. The van der Waals surface area contributed by atoms with Crippen molar-refractivity contribution in [1.82, 2.24) is 4.57 Å². The molecule has 0 atom stereocenters. The molecule has 1 heterocycles. The largest absolute Gasteiger partial charge is 0.380 e. The number of amides is 1. The first-order valence-electron chi connectivity index (χ1n) is 8.70. The van der Waals surface area contributed by atoms with Gasteiger partial charge in [0.1, 0.15) is 5.56 Å². The average molecular weight is 451 g/mol. The molecule has 1 amide bonds. The minimum atomic E-state index is -0.838. The zero-order valence-corrected chi connectivity index (χ0v) is 17.2. The van der Waals surface area contributed by atoms with Crippen LogP contribution in [0.15, 0.2) is 41.4 Å². The predicted molar refractivity (Wildman–Crippen MR) is 111 cm³/mol. The highest BCUT2D eigenvalue weighted by Gasteiger charge is 2.21.